The van der Waals surface area contributed by atoms with Crippen LogP contribution in [0.2, 0.25) is 5.02 Å². The molecule has 0 bridgehead atoms. The number of hydrogen-bond donors (Lipinski definition) is 1. The Hall–Kier alpha value is -2.20. The molecular weight excluding hydrogens is 336 g/mol. The topological polar surface area (TPSA) is 41.6 Å². The zero-order valence-electron chi connectivity index (χ0n) is 14.4. The molecule has 0 aliphatic carbocycles. The molecule has 0 radical (unpaired) electrons. The molecule has 1 aliphatic heterocycles. The van der Waals surface area contributed by atoms with Crippen LogP contribution in [0.1, 0.15) is 26.2 Å². The first-order valence-corrected chi connectivity index (χ1v) is 9.04. The Morgan fingerprint density at radius 2 is 1.88 bits per heavy atom. The molecule has 1 saturated heterocycles. The lowest BCUT2D eigenvalue weighted by Gasteiger charge is -2.35. The van der Waals surface area contributed by atoms with Crippen LogP contribution in [-0.4, -0.2) is 25.1 Å². The zero-order chi connectivity index (χ0) is 17.6. The predicted molar refractivity (Wildman–Crippen MR) is 103 cm³/mol. The van der Waals surface area contributed by atoms with Crippen molar-refractivity contribution in [3.05, 3.63) is 53.6 Å². The van der Waals surface area contributed by atoms with Crippen molar-refractivity contribution in [2.45, 2.75) is 32.2 Å². The van der Waals surface area contributed by atoms with E-state index >= 15 is 0 Å². The van der Waals surface area contributed by atoms with Gasteiger partial charge in [0.1, 0.15) is 5.75 Å². The fraction of sp³-hybridized carbons (Fsp3) is 0.350. The summed E-state index contributed by atoms with van der Waals surface area (Å²) in [6.45, 7) is 3.33. The number of carbonyl (C=O) groups is 1. The predicted octanol–water partition coefficient (Wildman–Crippen LogP) is 4.74. The van der Waals surface area contributed by atoms with Crippen molar-refractivity contribution in [1.29, 1.82) is 0 Å². The largest absolute Gasteiger partial charge is 0.484 e. The normalized spacial score (nSPS) is 17.2. The highest BCUT2D eigenvalue weighted by atomic mass is 35.5. The van der Waals surface area contributed by atoms with Crippen molar-refractivity contribution in [3.63, 3.8) is 0 Å². The number of nitrogens with one attached hydrogen (secondary N) is 1. The summed E-state index contributed by atoms with van der Waals surface area (Å²) in [6.07, 6.45) is 3.78. The van der Waals surface area contributed by atoms with E-state index in [1.807, 2.05) is 12.1 Å². The summed E-state index contributed by atoms with van der Waals surface area (Å²) in [6, 6.07) is 15.5. The average Bonchev–Trinajstić information content (AvgIpc) is 2.62. The number of halogens is 1. The van der Waals surface area contributed by atoms with Gasteiger partial charge in [-0.3, -0.25) is 4.79 Å². The first kappa shape index (κ1) is 17.6. The van der Waals surface area contributed by atoms with E-state index in [4.69, 9.17) is 16.3 Å². The highest BCUT2D eigenvalue weighted by Gasteiger charge is 2.18. The summed E-state index contributed by atoms with van der Waals surface area (Å²) in [5, 5.41) is 3.50. The molecule has 0 saturated carbocycles. The Kier molecular flexibility index (Phi) is 5.82. The van der Waals surface area contributed by atoms with E-state index in [1.54, 1.807) is 24.3 Å². The number of rotatable bonds is 5. The molecule has 1 heterocycles. The molecule has 5 heteroatoms. The molecule has 1 fully saturated rings. The van der Waals surface area contributed by atoms with Crippen LogP contribution in [0.3, 0.4) is 0 Å². The summed E-state index contributed by atoms with van der Waals surface area (Å²) in [7, 11) is 0. The Balaban J connectivity index is 1.52. The molecule has 0 unspecified atom stereocenters. The molecule has 0 aromatic heterocycles. The summed E-state index contributed by atoms with van der Waals surface area (Å²) < 4.78 is 5.45. The van der Waals surface area contributed by atoms with E-state index in [1.165, 1.54) is 24.9 Å². The second-order valence-corrected chi connectivity index (χ2v) is 6.81. The quantitative estimate of drug-likeness (QED) is 0.839. The highest BCUT2D eigenvalue weighted by Crippen LogP contribution is 2.25. The van der Waals surface area contributed by atoms with Gasteiger partial charge in [-0.25, -0.2) is 0 Å². The molecule has 25 heavy (non-hydrogen) atoms. The number of hydrogen-bond acceptors (Lipinski definition) is 3. The number of nitrogens with zero attached hydrogens (tertiary/aromatic N) is 1. The number of amides is 1. The van der Waals surface area contributed by atoms with Gasteiger partial charge in [0.05, 0.1) is 0 Å². The monoisotopic (exact) mass is 358 g/mol. The van der Waals surface area contributed by atoms with E-state index in [2.05, 4.69) is 29.3 Å². The van der Waals surface area contributed by atoms with Gasteiger partial charge in [-0.1, -0.05) is 11.6 Å². The third-order valence-corrected chi connectivity index (χ3v) is 4.72. The van der Waals surface area contributed by atoms with E-state index < -0.39 is 0 Å². The van der Waals surface area contributed by atoms with Crippen LogP contribution in [0, 0.1) is 0 Å². The molecule has 2 aromatic rings. The van der Waals surface area contributed by atoms with Crippen LogP contribution in [0.25, 0.3) is 0 Å². The van der Waals surface area contributed by atoms with Crippen LogP contribution in [-0.2, 0) is 4.79 Å². The third-order valence-electron chi connectivity index (χ3n) is 4.47. The van der Waals surface area contributed by atoms with Crippen molar-refractivity contribution in [3.8, 4) is 5.75 Å². The molecule has 1 N–H and O–H groups in total. The van der Waals surface area contributed by atoms with Crippen molar-refractivity contribution >= 4 is 28.9 Å². The Morgan fingerprint density at radius 1 is 1.16 bits per heavy atom. The van der Waals surface area contributed by atoms with Crippen molar-refractivity contribution < 1.29 is 9.53 Å². The molecule has 132 valence electrons. The van der Waals surface area contributed by atoms with Gasteiger partial charge in [0.25, 0.3) is 5.91 Å². The maximum Gasteiger partial charge on any atom is 0.262 e. The smallest absolute Gasteiger partial charge is 0.262 e. The Bertz CT molecular complexity index is 701. The summed E-state index contributed by atoms with van der Waals surface area (Å²) in [5.74, 6) is 0.433. The lowest BCUT2D eigenvalue weighted by Crippen LogP contribution is -2.37. The van der Waals surface area contributed by atoms with Crippen molar-refractivity contribution in [2.75, 3.05) is 23.4 Å². The fourth-order valence-corrected chi connectivity index (χ4v) is 3.22. The number of carbonyl (C=O) groups excluding carboxylic acids is 1. The molecule has 1 aliphatic rings. The molecule has 3 rings (SSSR count). The van der Waals surface area contributed by atoms with Crippen LogP contribution >= 0.6 is 11.6 Å². The number of piperidine rings is 1. The van der Waals surface area contributed by atoms with Crippen LogP contribution in [0.15, 0.2) is 48.5 Å². The van der Waals surface area contributed by atoms with Gasteiger partial charge in [0.15, 0.2) is 6.61 Å². The second kappa shape index (κ2) is 8.26. The number of benzene rings is 2. The minimum atomic E-state index is -0.186. The molecule has 4 nitrogen and oxygen atoms in total. The SMILES string of the molecule is C[C@H]1CCCCN1c1ccc(NC(=O)COc2ccc(Cl)cc2)cc1. The lowest BCUT2D eigenvalue weighted by atomic mass is 10.0. The summed E-state index contributed by atoms with van der Waals surface area (Å²) in [4.78, 5) is 14.4. The first-order chi connectivity index (χ1) is 12.1. The summed E-state index contributed by atoms with van der Waals surface area (Å²) in [5.41, 5.74) is 1.99. The highest BCUT2D eigenvalue weighted by molar-refractivity contribution is 6.30. The first-order valence-electron chi connectivity index (χ1n) is 8.67. The van der Waals surface area contributed by atoms with Crippen LogP contribution in [0.5, 0.6) is 5.75 Å². The average molecular weight is 359 g/mol. The fourth-order valence-electron chi connectivity index (χ4n) is 3.09. The minimum Gasteiger partial charge on any atom is -0.484 e. The van der Waals surface area contributed by atoms with Gasteiger partial charge in [0.2, 0.25) is 0 Å². The van der Waals surface area contributed by atoms with Gasteiger partial charge in [-0.05, 0) is 74.7 Å². The molecular formula is C20H23ClN2O2. The van der Waals surface area contributed by atoms with Gasteiger partial charge in [-0.15, -0.1) is 0 Å². The van der Waals surface area contributed by atoms with Crippen molar-refractivity contribution in [2.24, 2.45) is 0 Å². The standard InChI is InChI=1S/C20H23ClN2O2/c1-15-4-2-3-13-23(15)18-9-7-17(8-10-18)22-20(24)14-25-19-11-5-16(21)6-12-19/h5-12,15H,2-4,13-14H2,1H3,(H,22,24)/t15-/m0/s1. The lowest BCUT2D eigenvalue weighted by molar-refractivity contribution is -0.118. The number of anilines is 2. The molecule has 0 spiro atoms. The van der Waals surface area contributed by atoms with Crippen LogP contribution < -0.4 is 15.0 Å². The second-order valence-electron chi connectivity index (χ2n) is 6.38. The minimum absolute atomic E-state index is 0.0352. The maximum atomic E-state index is 12.0. The molecule has 1 atom stereocenters. The number of ether oxygens (including phenoxy) is 1. The Labute approximate surface area is 153 Å². The Morgan fingerprint density at radius 3 is 2.56 bits per heavy atom. The molecule has 1 amide bonds. The van der Waals surface area contributed by atoms with Gasteiger partial charge in [0, 0.05) is 29.0 Å². The van der Waals surface area contributed by atoms with E-state index in [0.29, 0.717) is 16.8 Å². The van der Waals surface area contributed by atoms with Gasteiger partial charge in [-0.2, -0.15) is 0 Å². The van der Waals surface area contributed by atoms with E-state index in [0.717, 1.165) is 12.2 Å². The third kappa shape index (κ3) is 4.89. The van der Waals surface area contributed by atoms with E-state index in [9.17, 15) is 4.79 Å². The van der Waals surface area contributed by atoms with Crippen molar-refractivity contribution in [1.82, 2.24) is 0 Å². The van der Waals surface area contributed by atoms with E-state index in [-0.39, 0.29) is 12.5 Å². The molecule has 2 aromatic carbocycles. The zero-order valence-corrected chi connectivity index (χ0v) is 15.1. The maximum absolute atomic E-state index is 12.0. The summed E-state index contributed by atoms with van der Waals surface area (Å²) >= 11 is 5.82. The van der Waals surface area contributed by atoms with Crippen LogP contribution in [0.4, 0.5) is 11.4 Å². The van der Waals surface area contributed by atoms with Gasteiger partial charge >= 0.3 is 0 Å². The van der Waals surface area contributed by atoms with Gasteiger partial charge < -0.3 is 15.0 Å².